The van der Waals surface area contributed by atoms with Gasteiger partial charge in [0.25, 0.3) is 0 Å². The molecule has 0 aliphatic carbocycles. The van der Waals surface area contributed by atoms with Gasteiger partial charge in [-0.15, -0.1) is 0 Å². The summed E-state index contributed by atoms with van der Waals surface area (Å²) in [5.74, 6) is 0. The highest BCUT2D eigenvalue weighted by Crippen LogP contribution is 2.33. The lowest BCUT2D eigenvalue weighted by Crippen LogP contribution is -1.82. The zero-order valence-corrected chi connectivity index (χ0v) is 11.9. The van der Waals surface area contributed by atoms with Gasteiger partial charge in [0.15, 0.2) is 0 Å². The van der Waals surface area contributed by atoms with Crippen LogP contribution in [0.25, 0.3) is 0 Å². The molecular weight excluding hydrogens is 329 g/mol. The summed E-state index contributed by atoms with van der Waals surface area (Å²) < 4.78 is 0.880. The van der Waals surface area contributed by atoms with Crippen molar-refractivity contribution in [2.75, 3.05) is 0 Å². The lowest BCUT2D eigenvalue weighted by atomic mass is 10.4. The van der Waals surface area contributed by atoms with E-state index in [0.717, 1.165) is 19.4 Å². The fourth-order valence-electron chi connectivity index (χ4n) is 1.12. The first-order valence-electron chi connectivity index (χ1n) is 4.39. The summed E-state index contributed by atoms with van der Waals surface area (Å²) in [7, 11) is 0. The van der Waals surface area contributed by atoms with Gasteiger partial charge in [0.1, 0.15) is 5.03 Å². The normalized spacial score (nSPS) is 10.4. The first-order chi connectivity index (χ1) is 7.65. The molecule has 1 nitrogen and oxygen atoms in total. The third-order valence-corrected chi connectivity index (χ3v) is 4.10. The molecule has 1 aromatic carbocycles. The van der Waals surface area contributed by atoms with Gasteiger partial charge >= 0.3 is 0 Å². The minimum Gasteiger partial charge on any atom is -0.247 e. The van der Waals surface area contributed by atoms with Crippen LogP contribution in [0.15, 0.2) is 50.9 Å². The van der Waals surface area contributed by atoms with Gasteiger partial charge in [-0.1, -0.05) is 41.0 Å². The SMILES string of the molecule is Clc1cccc(Sc2ncc(Cl)cc2Br)c1. The molecule has 2 aromatic rings. The molecule has 1 heterocycles. The fourth-order valence-corrected chi connectivity index (χ4v) is 3.07. The summed E-state index contributed by atoms with van der Waals surface area (Å²) in [5.41, 5.74) is 0. The van der Waals surface area contributed by atoms with E-state index in [1.54, 1.807) is 6.20 Å². The van der Waals surface area contributed by atoms with Crippen molar-refractivity contribution in [3.8, 4) is 0 Å². The van der Waals surface area contributed by atoms with Crippen LogP contribution in [0, 0.1) is 0 Å². The monoisotopic (exact) mass is 333 g/mol. The molecule has 0 unspecified atom stereocenters. The molecule has 1 aromatic heterocycles. The van der Waals surface area contributed by atoms with Crippen molar-refractivity contribution in [3.05, 3.63) is 51.0 Å². The quantitative estimate of drug-likeness (QED) is 0.738. The highest BCUT2D eigenvalue weighted by atomic mass is 79.9. The molecule has 2 rings (SSSR count). The van der Waals surface area contributed by atoms with Crippen molar-refractivity contribution < 1.29 is 0 Å². The zero-order valence-electron chi connectivity index (χ0n) is 7.95. The second kappa shape index (κ2) is 5.41. The molecule has 0 bridgehead atoms. The van der Waals surface area contributed by atoms with Crippen LogP contribution in [0.2, 0.25) is 10.0 Å². The molecule has 0 N–H and O–H groups in total. The molecular formula is C11H6BrCl2NS. The second-order valence-electron chi connectivity index (χ2n) is 3.00. The standard InChI is InChI=1S/C11H6BrCl2NS/c12-10-5-8(14)6-15-11(10)16-9-3-1-2-7(13)4-9/h1-6H. The van der Waals surface area contributed by atoms with Crippen LogP contribution in [-0.4, -0.2) is 4.98 Å². The van der Waals surface area contributed by atoms with E-state index in [4.69, 9.17) is 23.2 Å². The van der Waals surface area contributed by atoms with Crippen molar-refractivity contribution in [1.29, 1.82) is 0 Å². The average molecular weight is 335 g/mol. The van der Waals surface area contributed by atoms with Crippen molar-refractivity contribution in [1.82, 2.24) is 4.98 Å². The number of pyridine rings is 1. The molecule has 0 fully saturated rings. The third kappa shape index (κ3) is 3.14. The Hall–Kier alpha value is -0.220. The summed E-state index contributed by atoms with van der Waals surface area (Å²) in [6.07, 6.45) is 1.62. The van der Waals surface area contributed by atoms with Crippen LogP contribution in [0.1, 0.15) is 0 Å². The van der Waals surface area contributed by atoms with Crippen molar-refractivity contribution in [2.45, 2.75) is 9.92 Å². The summed E-state index contributed by atoms with van der Waals surface area (Å²) in [4.78, 5) is 5.29. The number of hydrogen-bond acceptors (Lipinski definition) is 2. The van der Waals surface area contributed by atoms with Gasteiger partial charge in [-0.2, -0.15) is 0 Å². The van der Waals surface area contributed by atoms with Gasteiger partial charge in [-0.3, -0.25) is 0 Å². The summed E-state index contributed by atoms with van der Waals surface area (Å²) in [5, 5.41) is 2.20. The predicted octanol–water partition coefficient (Wildman–Crippen LogP) is 5.30. The molecule has 0 atom stereocenters. The van der Waals surface area contributed by atoms with E-state index in [2.05, 4.69) is 20.9 Å². The number of benzene rings is 1. The van der Waals surface area contributed by atoms with Gasteiger partial charge in [0.05, 0.1) is 9.50 Å². The molecule has 0 saturated carbocycles. The molecule has 5 heteroatoms. The molecule has 0 aliphatic heterocycles. The maximum atomic E-state index is 5.91. The van der Waals surface area contributed by atoms with Gasteiger partial charge in [0.2, 0.25) is 0 Å². The molecule has 0 aliphatic rings. The van der Waals surface area contributed by atoms with Gasteiger partial charge in [-0.05, 0) is 40.2 Å². The third-order valence-electron chi connectivity index (χ3n) is 1.78. The lowest BCUT2D eigenvalue weighted by Gasteiger charge is -2.03. The average Bonchev–Trinajstić information content (AvgIpc) is 2.22. The Labute approximate surface area is 116 Å². The van der Waals surface area contributed by atoms with E-state index in [1.165, 1.54) is 11.8 Å². The van der Waals surface area contributed by atoms with Gasteiger partial charge in [0, 0.05) is 16.1 Å². The molecule has 82 valence electrons. The van der Waals surface area contributed by atoms with Crippen LogP contribution in [0.4, 0.5) is 0 Å². The van der Waals surface area contributed by atoms with Crippen LogP contribution in [-0.2, 0) is 0 Å². The fraction of sp³-hybridized carbons (Fsp3) is 0. The van der Waals surface area contributed by atoms with Crippen molar-refractivity contribution >= 4 is 50.9 Å². The highest BCUT2D eigenvalue weighted by Gasteiger charge is 2.05. The van der Waals surface area contributed by atoms with Crippen LogP contribution < -0.4 is 0 Å². The van der Waals surface area contributed by atoms with Crippen molar-refractivity contribution in [3.63, 3.8) is 0 Å². The number of hydrogen-bond donors (Lipinski definition) is 0. The number of rotatable bonds is 2. The Morgan fingerprint density at radius 2 is 1.94 bits per heavy atom. The lowest BCUT2D eigenvalue weighted by molar-refractivity contribution is 1.11. The molecule has 0 spiro atoms. The van der Waals surface area contributed by atoms with Gasteiger partial charge < -0.3 is 0 Å². The van der Waals surface area contributed by atoms with Gasteiger partial charge in [-0.25, -0.2) is 4.98 Å². The van der Waals surface area contributed by atoms with E-state index < -0.39 is 0 Å². The Kier molecular flexibility index (Phi) is 4.14. The topological polar surface area (TPSA) is 12.9 Å². The number of halogens is 3. The molecule has 0 amide bonds. The Morgan fingerprint density at radius 1 is 1.12 bits per heavy atom. The van der Waals surface area contributed by atoms with Crippen LogP contribution >= 0.6 is 50.9 Å². The minimum atomic E-state index is 0.613. The van der Waals surface area contributed by atoms with Crippen LogP contribution in [0.5, 0.6) is 0 Å². The first kappa shape index (κ1) is 12.2. The Bertz CT molecular complexity index is 519. The summed E-state index contributed by atoms with van der Waals surface area (Å²) in [6.45, 7) is 0. The largest absolute Gasteiger partial charge is 0.247 e. The smallest absolute Gasteiger partial charge is 0.115 e. The van der Waals surface area contributed by atoms with E-state index >= 15 is 0 Å². The maximum absolute atomic E-state index is 5.91. The van der Waals surface area contributed by atoms with E-state index in [9.17, 15) is 0 Å². The van der Waals surface area contributed by atoms with Crippen molar-refractivity contribution in [2.24, 2.45) is 0 Å². The number of aromatic nitrogens is 1. The maximum Gasteiger partial charge on any atom is 0.115 e. The summed E-state index contributed by atoms with van der Waals surface area (Å²) in [6, 6.07) is 9.46. The van der Waals surface area contributed by atoms with E-state index in [1.807, 2.05) is 30.3 Å². The Balaban J connectivity index is 2.27. The van der Waals surface area contributed by atoms with Crippen LogP contribution in [0.3, 0.4) is 0 Å². The zero-order chi connectivity index (χ0) is 11.5. The Morgan fingerprint density at radius 3 is 2.62 bits per heavy atom. The second-order valence-corrected chi connectivity index (χ2v) is 5.79. The van der Waals surface area contributed by atoms with E-state index in [-0.39, 0.29) is 0 Å². The molecule has 0 saturated heterocycles. The van der Waals surface area contributed by atoms with E-state index in [0.29, 0.717) is 5.02 Å². The first-order valence-corrected chi connectivity index (χ1v) is 6.76. The summed E-state index contributed by atoms with van der Waals surface area (Å²) >= 11 is 16.7. The molecule has 0 radical (unpaired) electrons. The molecule has 16 heavy (non-hydrogen) atoms. The highest BCUT2D eigenvalue weighted by molar-refractivity contribution is 9.10. The predicted molar refractivity (Wildman–Crippen MR) is 72.5 cm³/mol. The number of nitrogens with zero attached hydrogens (tertiary/aromatic N) is 1. The minimum absolute atomic E-state index is 0.613.